The fourth-order valence-corrected chi connectivity index (χ4v) is 2.71. The van der Waals surface area contributed by atoms with Crippen LogP contribution in [0.4, 0.5) is 17.1 Å². The molecule has 0 radical (unpaired) electrons. The fraction of sp³-hybridized carbons (Fsp3) is 0.188. The first-order valence-electron chi connectivity index (χ1n) is 6.71. The number of hydrogen-bond donors (Lipinski definition) is 2. The largest absolute Gasteiger partial charge is 0.397 e. The average Bonchev–Trinajstić information content (AvgIpc) is 2.47. The van der Waals surface area contributed by atoms with Crippen molar-refractivity contribution >= 4 is 23.0 Å². The van der Waals surface area contributed by atoms with Gasteiger partial charge in [-0.05, 0) is 42.7 Å². The molecule has 2 aromatic rings. The summed E-state index contributed by atoms with van der Waals surface area (Å²) >= 11 is 0. The zero-order chi connectivity index (χ0) is 14.1. The maximum absolute atomic E-state index is 11.4. The number of hydrogen-bond acceptors (Lipinski definition) is 3. The van der Waals surface area contributed by atoms with Gasteiger partial charge in [0.05, 0.1) is 11.4 Å². The highest BCUT2D eigenvalue weighted by molar-refractivity contribution is 5.95. The molecule has 1 aliphatic rings. The third kappa shape index (κ3) is 2.09. The monoisotopic (exact) mass is 267 g/mol. The Morgan fingerprint density at radius 2 is 1.90 bits per heavy atom. The molecule has 1 heterocycles. The van der Waals surface area contributed by atoms with E-state index in [0.29, 0.717) is 11.3 Å². The Morgan fingerprint density at radius 1 is 1.10 bits per heavy atom. The Kier molecular flexibility index (Phi) is 3.06. The third-order valence-corrected chi connectivity index (χ3v) is 3.72. The summed E-state index contributed by atoms with van der Waals surface area (Å²) < 4.78 is 0. The lowest BCUT2D eigenvalue weighted by Gasteiger charge is -2.32. The van der Waals surface area contributed by atoms with Crippen LogP contribution in [0.2, 0.25) is 0 Å². The van der Waals surface area contributed by atoms with Gasteiger partial charge in [-0.25, -0.2) is 0 Å². The number of nitrogens with zero attached hydrogens (tertiary/aromatic N) is 1. The first-order valence-corrected chi connectivity index (χ1v) is 6.71. The molecule has 20 heavy (non-hydrogen) atoms. The van der Waals surface area contributed by atoms with Crippen molar-refractivity contribution < 1.29 is 4.79 Å². The number of aryl methyl sites for hydroxylation is 1. The minimum Gasteiger partial charge on any atom is -0.397 e. The second kappa shape index (κ2) is 4.89. The Hall–Kier alpha value is -2.49. The van der Waals surface area contributed by atoms with Crippen molar-refractivity contribution in [3.63, 3.8) is 0 Å². The number of fused-ring (bicyclic) bond motifs is 1. The zero-order valence-corrected chi connectivity index (χ0v) is 11.2. The number of carbonyl (C=O) groups excluding carboxylic acids is 1. The van der Waals surface area contributed by atoms with E-state index in [1.54, 1.807) is 18.2 Å². The molecule has 4 N–H and O–H groups in total. The smallest absolute Gasteiger partial charge is 0.248 e. The molecule has 3 rings (SSSR count). The maximum atomic E-state index is 11.4. The number of anilines is 3. The molecule has 1 amide bonds. The predicted molar refractivity (Wildman–Crippen MR) is 81.1 cm³/mol. The fourth-order valence-electron chi connectivity index (χ4n) is 2.71. The molecule has 0 bridgehead atoms. The number of primary amides is 1. The van der Waals surface area contributed by atoms with E-state index in [4.69, 9.17) is 11.5 Å². The second-order valence-electron chi connectivity index (χ2n) is 5.02. The lowest BCUT2D eigenvalue weighted by Crippen LogP contribution is -2.25. The lowest BCUT2D eigenvalue weighted by atomic mass is 10.0. The molecule has 1 aliphatic heterocycles. The third-order valence-electron chi connectivity index (χ3n) is 3.72. The predicted octanol–water partition coefficient (Wildman–Crippen LogP) is 2.45. The van der Waals surface area contributed by atoms with E-state index in [0.717, 1.165) is 30.8 Å². The first kappa shape index (κ1) is 12.5. The summed E-state index contributed by atoms with van der Waals surface area (Å²) in [6.45, 7) is 0.892. The summed E-state index contributed by atoms with van der Waals surface area (Å²) in [5.74, 6) is -0.434. The van der Waals surface area contributed by atoms with Gasteiger partial charge >= 0.3 is 0 Å². The number of amides is 1. The molecular formula is C16H17N3O. The van der Waals surface area contributed by atoms with Crippen molar-refractivity contribution in [2.75, 3.05) is 17.2 Å². The molecule has 2 aromatic carbocycles. The zero-order valence-electron chi connectivity index (χ0n) is 11.2. The van der Waals surface area contributed by atoms with Crippen molar-refractivity contribution in [2.45, 2.75) is 12.8 Å². The van der Waals surface area contributed by atoms with Gasteiger partial charge in [0, 0.05) is 17.8 Å². The van der Waals surface area contributed by atoms with Gasteiger partial charge in [0.15, 0.2) is 0 Å². The van der Waals surface area contributed by atoms with Crippen LogP contribution in [0.15, 0.2) is 42.5 Å². The number of nitrogen functional groups attached to an aromatic ring is 1. The highest BCUT2D eigenvalue weighted by Crippen LogP contribution is 2.36. The first-order chi connectivity index (χ1) is 9.66. The SMILES string of the molecule is NC(=O)c1ccc(N)c(N2CCCc3ccccc32)c1. The Bertz CT molecular complexity index is 667. The molecule has 0 saturated carbocycles. The van der Waals surface area contributed by atoms with Crippen LogP contribution in [0.25, 0.3) is 0 Å². The van der Waals surface area contributed by atoms with Crippen LogP contribution < -0.4 is 16.4 Å². The van der Waals surface area contributed by atoms with Gasteiger partial charge in [-0.2, -0.15) is 0 Å². The Labute approximate surface area is 118 Å². The van der Waals surface area contributed by atoms with Crippen LogP contribution in [-0.4, -0.2) is 12.5 Å². The summed E-state index contributed by atoms with van der Waals surface area (Å²) in [4.78, 5) is 13.5. The van der Waals surface area contributed by atoms with Crippen molar-refractivity contribution in [2.24, 2.45) is 5.73 Å². The second-order valence-corrected chi connectivity index (χ2v) is 5.02. The normalized spacial score (nSPS) is 13.9. The van der Waals surface area contributed by atoms with E-state index in [2.05, 4.69) is 17.0 Å². The molecule has 0 fully saturated rings. The van der Waals surface area contributed by atoms with Gasteiger partial charge < -0.3 is 16.4 Å². The standard InChI is InChI=1S/C16H17N3O/c17-13-8-7-12(16(18)20)10-15(13)19-9-3-5-11-4-1-2-6-14(11)19/h1-2,4,6-8,10H,3,5,9,17H2,(H2,18,20). The summed E-state index contributed by atoms with van der Waals surface area (Å²) in [6.07, 6.45) is 2.14. The molecule has 0 atom stereocenters. The molecule has 0 spiro atoms. The van der Waals surface area contributed by atoms with Gasteiger partial charge in [-0.1, -0.05) is 18.2 Å². The van der Waals surface area contributed by atoms with Crippen LogP contribution in [0.1, 0.15) is 22.3 Å². The van der Waals surface area contributed by atoms with Gasteiger partial charge in [0.25, 0.3) is 0 Å². The van der Waals surface area contributed by atoms with Gasteiger partial charge in [0.1, 0.15) is 0 Å². The topological polar surface area (TPSA) is 72.3 Å². The molecule has 0 saturated heterocycles. The minimum absolute atomic E-state index is 0.434. The van der Waals surface area contributed by atoms with E-state index < -0.39 is 5.91 Å². The highest BCUT2D eigenvalue weighted by atomic mass is 16.1. The molecule has 4 nitrogen and oxygen atoms in total. The van der Waals surface area contributed by atoms with Crippen molar-refractivity contribution in [1.82, 2.24) is 0 Å². The summed E-state index contributed by atoms with van der Waals surface area (Å²) in [6, 6.07) is 13.5. The van der Waals surface area contributed by atoms with E-state index in [-0.39, 0.29) is 0 Å². The van der Waals surface area contributed by atoms with Gasteiger partial charge in [-0.15, -0.1) is 0 Å². The van der Waals surface area contributed by atoms with Crippen LogP contribution in [0, 0.1) is 0 Å². The molecule has 0 unspecified atom stereocenters. The highest BCUT2D eigenvalue weighted by Gasteiger charge is 2.20. The number of para-hydroxylation sites is 1. The summed E-state index contributed by atoms with van der Waals surface area (Å²) in [7, 11) is 0. The van der Waals surface area contributed by atoms with Crippen molar-refractivity contribution in [1.29, 1.82) is 0 Å². The van der Waals surface area contributed by atoms with E-state index in [1.807, 2.05) is 12.1 Å². The van der Waals surface area contributed by atoms with Crippen LogP contribution in [-0.2, 0) is 6.42 Å². The Balaban J connectivity index is 2.10. The number of benzene rings is 2. The lowest BCUT2D eigenvalue weighted by molar-refractivity contribution is 0.100. The molecule has 0 aliphatic carbocycles. The number of rotatable bonds is 2. The summed E-state index contributed by atoms with van der Waals surface area (Å²) in [5, 5.41) is 0. The van der Waals surface area contributed by atoms with E-state index >= 15 is 0 Å². The summed E-state index contributed by atoms with van der Waals surface area (Å²) in [5.41, 5.74) is 15.9. The maximum Gasteiger partial charge on any atom is 0.248 e. The van der Waals surface area contributed by atoms with Crippen LogP contribution >= 0.6 is 0 Å². The van der Waals surface area contributed by atoms with Crippen molar-refractivity contribution in [3.8, 4) is 0 Å². The molecule has 102 valence electrons. The number of nitrogens with two attached hydrogens (primary N) is 2. The minimum atomic E-state index is -0.434. The van der Waals surface area contributed by atoms with Crippen LogP contribution in [0.5, 0.6) is 0 Å². The van der Waals surface area contributed by atoms with Crippen LogP contribution in [0.3, 0.4) is 0 Å². The quantitative estimate of drug-likeness (QED) is 0.821. The molecular weight excluding hydrogens is 250 g/mol. The number of carbonyl (C=O) groups is 1. The van der Waals surface area contributed by atoms with Gasteiger partial charge in [0.2, 0.25) is 5.91 Å². The molecule has 0 aromatic heterocycles. The molecule has 4 heteroatoms. The van der Waals surface area contributed by atoms with E-state index in [9.17, 15) is 4.79 Å². The van der Waals surface area contributed by atoms with Crippen molar-refractivity contribution in [3.05, 3.63) is 53.6 Å². The average molecular weight is 267 g/mol. The Morgan fingerprint density at radius 3 is 2.70 bits per heavy atom. The van der Waals surface area contributed by atoms with Gasteiger partial charge in [-0.3, -0.25) is 4.79 Å². The van der Waals surface area contributed by atoms with E-state index in [1.165, 1.54) is 5.56 Å².